The van der Waals surface area contributed by atoms with E-state index in [-0.39, 0.29) is 11.5 Å². The Labute approximate surface area is 109 Å². The zero-order valence-electron chi connectivity index (χ0n) is 10.5. The molecule has 0 fully saturated rings. The lowest BCUT2D eigenvalue weighted by Gasteiger charge is -1.97. The van der Waals surface area contributed by atoms with Crippen LogP contribution in [0.4, 0.5) is 5.69 Å². The van der Waals surface area contributed by atoms with Gasteiger partial charge in [-0.1, -0.05) is 24.2 Å². The van der Waals surface area contributed by atoms with Crippen LogP contribution in [0.1, 0.15) is 19.2 Å². The fourth-order valence-electron chi connectivity index (χ4n) is 1.63. The summed E-state index contributed by atoms with van der Waals surface area (Å²) in [4.78, 5) is 14.6. The van der Waals surface area contributed by atoms with Crippen LogP contribution in [0.25, 0.3) is 11.4 Å². The van der Waals surface area contributed by atoms with Gasteiger partial charge in [-0.3, -0.25) is 10.1 Å². The zero-order valence-corrected chi connectivity index (χ0v) is 10.5. The summed E-state index contributed by atoms with van der Waals surface area (Å²) in [5, 5.41) is 17.8. The molecule has 0 radical (unpaired) electrons. The minimum atomic E-state index is -0.458. The maximum absolute atomic E-state index is 10.9. The highest BCUT2D eigenvalue weighted by Crippen LogP contribution is 2.26. The zero-order chi connectivity index (χ0) is 13.7. The Balaban J connectivity index is 2.21. The van der Waals surface area contributed by atoms with Gasteiger partial charge in [0.2, 0.25) is 11.7 Å². The van der Waals surface area contributed by atoms with Crippen LogP contribution in [0.2, 0.25) is 0 Å². The molecule has 1 aromatic carbocycles. The summed E-state index contributed by atoms with van der Waals surface area (Å²) in [6.07, 6.45) is 1.01. The first-order valence-electron chi connectivity index (χ1n) is 5.99. The normalized spacial score (nSPS) is 10.6. The van der Waals surface area contributed by atoms with Crippen molar-refractivity contribution in [1.29, 1.82) is 0 Å². The summed E-state index contributed by atoms with van der Waals surface area (Å²) >= 11 is 0. The molecular weight excluding hydrogens is 248 g/mol. The van der Waals surface area contributed by atoms with Crippen LogP contribution in [-0.2, 0) is 6.54 Å². The van der Waals surface area contributed by atoms with Crippen molar-refractivity contribution in [2.24, 2.45) is 0 Å². The van der Waals surface area contributed by atoms with Crippen LogP contribution in [0.3, 0.4) is 0 Å². The van der Waals surface area contributed by atoms with Crippen molar-refractivity contribution in [3.05, 3.63) is 40.3 Å². The minimum Gasteiger partial charge on any atom is -0.338 e. The van der Waals surface area contributed by atoms with Crippen LogP contribution in [0.5, 0.6) is 0 Å². The lowest BCUT2D eigenvalue weighted by atomic mass is 10.2. The van der Waals surface area contributed by atoms with Gasteiger partial charge in [0.15, 0.2) is 0 Å². The number of para-hydroxylation sites is 1. The summed E-state index contributed by atoms with van der Waals surface area (Å²) in [6.45, 7) is 3.37. The van der Waals surface area contributed by atoms with Gasteiger partial charge in [-0.25, -0.2) is 0 Å². The summed E-state index contributed by atoms with van der Waals surface area (Å²) in [6, 6.07) is 6.33. The number of nitrogens with zero attached hydrogens (tertiary/aromatic N) is 3. The first-order chi connectivity index (χ1) is 9.22. The van der Waals surface area contributed by atoms with E-state index in [4.69, 9.17) is 4.52 Å². The van der Waals surface area contributed by atoms with Gasteiger partial charge in [-0.05, 0) is 19.0 Å². The minimum absolute atomic E-state index is 0.0311. The summed E-state index contributed by atoms with van der Waals surface area (Å²) in [5.74, 6) is 0.655. The maximum Gasteiger partial charge on any atom is 0.280 e. The third-order valence-electron chi connectivity index (χ3n) is 2.51. The molecule has 1 N–H and O–H groups in total. The van der Waals surface area contributed by atoms with Crippen molar-refractivity contribution in [1.82, 2.24) is 15.5 Å². The van der Waals surface area contributed by atoms with Gasteiger partial charge in [0, 0.05) is 6.07 Å². The van der Waals surface area contributed by atoms with Crippen LogP contribution < -0.4 is 5.32 Å². The molecule has 0 atom stereocenters. The van der Waals surface area contributed by atoms with Crippen LogP contribution in [0.15, 0.2) is 28.8 Å². The van der Waals surface area contributed by atoms with E-state index in [2.05, 4.69) is 22.4 Å². The molecule has 1 aromatic heterocycles. The summed E-state index contributed by atoms with van der Waals surface area (Å²) in [7, 11) is 0. The number of nitrogens with one attached hydrogen (secondary N) is 1. The Morgan fingerprint density at radius 1 is 1.42 bits per heavy atom. The van der Waals surface area contributed by atoms with Crippen LogP contribution in [0, 0.1) is 10.1 Å². The molecule has 0 aliphatic carbocycles. The quantitative estimate of drug-likeness (QED) is 0.487. The highest BCUT2D eigenvalue weighted by molar-refractivity contribution is 5.67. The lowest BCUT2D eigenvalue weighted by molar-refractivity contribution is -0.384. The molecule has 100 valence electrons. The second-order valence-electron chi connectivity index (χ2n) is 3.96. The molecule has 0 saturated heterocycles. The van der Waals surface area contributed by atoms with Gasteiger partial charge in [0.25, 0.3) is 5.69 Å². The highest BCUT2D eigenvalue weighted by Gasteiger charge is 2.18. The Bertz CT molecular complexity index is 568. The molecule has 0 aliphatic rings. The average molecular weight is 262 g/mol. The van der Waals surface area contributed by atoms with Gasteiger partial charge in [-0.2, -0.15) is 4.98 Å². The Kier molecular flexibility index (Phi) is 4.19. The van der Waals surface area contributed by atoms with E-state index < -0.39 is 4.92 Å². The number of hydrogen-bond acceptors (Lipinski definition) is 6. The molecule has 1 heterocycles. The predicted molar refractivity (Wildman–Crippen MR) is 68.4 cm³/mol. The third kappa shape index (κ3) is 3.14. The number of nitro benzene ring substituents is 1. The Morgan fingerprint density at radius 3 is 2.95 bits per heavy atom. The van der Waals surface area contributed by atoms with E-state index in [1.807, 2.05) is 0 Å². The first kappa shape index (κ1) is 13.2. The number of benzene rings is 1. The molecule has 2 aromatic rings. The Morgan fingerprint density at radius 2 is 2.21 bits per heavy atom. The van der Waals surface area contributed by atoms with Gasteiger partial charge in [0.05, 0.1) is 11.5 Å². The van der Waals surface area contributed by atoms with Gasteiger partial charge in [0.1, 0.15) is 5.56 Å². The standard InChI is InChI=1S/C12H14N4O3/c1-2-7-13-8-11-14-12(15-19-11)9-5-3-4-6-10(9)16(17)18/h3-6,13H,2,7-8H2,1H3. The third-order valence-corrected chi connectivity index (χ3v) is 2.51. The van der Waals surface area contributed by atoms with E-state index in [1.54, 1.807) is 18.2 Å². The number of aromatic nitrogens is 2. The second-order valence-corrected chi connectivity index (χ2v) is 3.96. The topological polar surface area (TPSA) is 94.1 Å². The molecule has 19 heavy (non-hydrogen) atoms. The van der Waals surface area contributed by atoms with Gasteiger partial charge in [-0.15, -0.1) is 0 Å². The average Bonchev–Trinajstić information content (AvgIpc) is 2.88. The van der Waals surface area contributed by atoms with Crippen molar-refractivity contribution in [2.75, 3.05) is 6.54 Å². The van der Waals surface area contributed by atoms with E-state index >= 15 is 0 Å². The number of hydrogen-bond donors (Lipinski definition) is 1. The molecule has 0 spiro atoms. The molecular formula is C12H14N4O3. The lowest BCUT2D eigenvalue weighted by Crippen LogP contribution is -2.13. The number of nitro groups is 1. The van der Waals surface area contributed by atoms with Gasteiger partial charge >= 0.3 is 0 Å². The summed E-state index contributed by atoms with van der Waals surface area (Å²) in [5.41, 5.74) is 0.328. The molecule has 0 aliphatic heterocycles. The highest BCUT2D eigenvalue weighted by atomic mass is 16.6. The predicted octanol–water partition coefficient (Wildman–Crippen LogP) is 2.14. The fraction of sp³-hybridized carbons (Fsp3) is 0.333. The van der Waals surface area contributed by atoms with Crippen molar-refractivity contribution in [3.8, 4) is 11.4 Å². The number of rotatable bonds is 6. The van der Waals surface area contributed by atoms with E-state index in [0.717, 1.165) is 13.0 Å². The molecule has 7 nitrogen and oxygen atoms in total. The van der Waals surface area contributed by atoms with Crippen LogP contribution in [-0.4, -0.2) is 21.6 Å². The molecule has 0 saturated carbocycles. The van der Waals surface area contributed by atoms with Crippen molar-refractivity contribution in [2.45, 2.75) is 19.9 Å². The van der Waals surface area contributed by atoms with E-state index in [0.29, 0.717) is 18.0 Å². The molecule has 2 rings (SSSR count). The SMILES string of the molecule is CCCNCc1nc(-c2ccccc2[N+](=O)[O-])no1. The maximum atomic E-state index is 10.9. The van der Waals surface area contributed by atoms with Crippen molar-refractivity contribution >= 4 is 5.69 Å². The van der Waals surface area contributed by atoms with Gasteiger partial charge < -0.3 is 9.84 Å². The van der Waals surface area contributed by atoms with E-state index in [9.17, 15) is 10.1 Å². The first-order valence-corrected chi connectivity index (χ1v) is 5.99. The van der Waals surface area contributed by atoms with Crippen molar-refractivity contribution < 1.29 is 9.45 Å². The fourth-order valence-corrected chi connectivity index (χ4v) is 1.63. The second kappa shape index (κ2) is 6.05. The van der Waals surface area contributed by atoms with Crippen molar-refractivity contribution in [3.63, 3.8) is 0 Å². The summed E-state index contributed by atoms with van der Waals surface area (Å²) < 4.78 is 5.05. The van der Waals surface area contributed by atoms with E-state index in [1.165, 1.54) is 6.07 Å². The Hall–Kier alpha value is -2.28. The van der Waals surface area contributed by atoms with Crippen LogP contribution >= 0.6 is 0 Å². The molecule has 7 heteroatoms. The monoisotopic (exact) mass is 262 g/mol. The molecule has 0 bridgehead atoms. The largest absolute Gasteiger partial charge is 0.338 e. The molecule has 0 amide bonds. The smallest absolute Gasteiger partial charge is 0.280 e. The molecule has 0 unspecified atom stereocenters.